The van der Waals surface area contributed by atoms with Crippen LogP contribution in [0.1, 0.15) is 49.1 Å². The summed E-state index contributed by atoms with van der Waals surface area (Å²) >= 11 is 3.54. The fourth-order valence-electron chi connectivity index (χ4n) is 2.49. The maximum absolute atomic E-state index is 6.37. The van der Waals surface area contributed by atoms with Gasteiger partial charge in [-0.15, -0.1) is 0 Å². The molecule has 0 aliphatic carbocycles. The average Bonchev–Trinajstić information content (AvgIpc) is 2.37. The van der Waals surface area contributed by atoms with Gasteiger partial charge in [0.05, 0.1) is 0 Å². The third kappa shape index (κ3) is 4.42. The van der Waals surface area contributed by atoms with Crippen molar-refractivity contribution in [2.75, 3.05) is 0 Å². The van der Waals surface area contributed by atoms with Gasteiger partial charge >= 0.3 is 0 Å². The van der Waals surface area contributed by atoms with Crippen LogP contribution in [0.3, 0.4) is 0 Å². The summed E-state index contributed by atoms with van der Waals surface area (Å²) in [5.41, 5.74) is 11.6. The first-order valence-corrected chi connectivity index (χ1v) is 8.17. The number of aryl methyl sites for hydroxylation is 1. The molecular weight excluding hydrogens is 322 g/mol. The van der Waals surface area contributed by atoms with Crippen molar-refractivity contribution in [3.63, 3.8) is 0 Å². The number of rotatable bonds is 3. The number of halogens is 1. The number of nitrogens with two attached hydrogens (primary N) is 1. The number of hydrogen-bond donors (Lipinski definition) is 1. The van der Waals surface area contributed by atoms with Gasteiger partial charge in [-0.1, -0.05) is 67.0 Å². The Hall–Kier alpha value is -1.12. The van der Waals surface area contributed by atoms with E-state index in [2.05, 4.69) is 86.1 Å². The molecule has 0 aliphatic heterocycles. The van der Waals surface area contributed by atoms with E-state index in [0.29, 0.717) is 0 Å². The van der Waals surface area contributed by atoms with Crippen molar-refractivity contribution in [1.29, 1.82) is 0 Å². The summed E-state index contributed by atoms with van der Waals surface area (Å²) < 4.78 is 1.09. The monoisotopic (exact) mass is 345 g/mol. The van der Waals surface area contributed by atoms with E-state index < -0.39 is 0 Å². The first-order valence-electron chi connectivity index (χ1n) is 7.38. The lowest BCUT2D eigenvalue weighted by Gasteiger charge is -2.20. The lowest BCUT2D eigenvalue weighted by molar-refractivity contribution is 0.589. The van der Waals surface area contributed by atoms with Gasteiger partial charge in [0.2, 0.25) is 0 Å². The Balaban J connectivity index is 2.14. The molecule has 1 atom stereocenters. The van der Waals surface area contributed by atoms with Crippen LogP contribution in [0.15, 0.2) is 46.9 Å². The Morgan fingerprint density at radius 2 is 1.67 bits per heavy atom. The third-order valence-corrected chi connectivity index (χ3v) is 4.23. The highest BCUT2D eigenvalue weighted by Gasteiger charge is 2.14. The summed E-state index contributed by atoms with van der Waals surface area (Å²) in [5.74, 6) is 0. The first-order chi connectivity index (χ1) is 9.75. The molecule has 0 amide bonds. The van der Waals surface area contributed by atoms with Crippen molar-refractivity contribution in [2.24, 2.45) is 5.73 Å². The van der Waals surface area contributed by atoms with Crippen LogP contribution in [-0.2, 0) is 11.8 Å². The highest BCUT2D eigenvalue weighted by molar-refractivity contribution is 9.10. The molecular formula is C19H24BrN. The van der Waals surface area contributed by atoms with Crippen molar-refractivity contribution < 1.29 is 0 Å². The second-order valence-electron chi connectivity index (χ2n) is 6.82. The third-order valence-electron chi connectivity index (χ3n) is 3.77. The van der Waals surface area contributed by atoms with Crippen molar-refractivity contribution in [3.05, 3.63) is 69.2 Å². The van der Waals surface area contributed by atoms with E-state index in [-0.39, 0.29) is 11.5 Å². The zero-order valence-corrected chi connectivity index (χ0v) is 14.9. The molecule has 0 fully saturated rings. The molecule has 0 aromatic heterocycles. The maximum Gasteiger partial charge on any atom is 0.0336 e. The van der Waals surface area contributed by atoms with Crippen LogP contribution in [0.2, 0.25) is 0 Å². The van der Waals surface area contributed by atoms with E-state index >= 15 is 0 Å². The maximum atomic E-state index is 6.37. The predicted octanol–water partition coefficient (Wildman–Crippen LogP) is 5.30. The van der Waals surface area contributed by atoms with E-state index in [1.165, 1.54) is 22.3 Å². The van der Waals surface area contributed by atoms with Gasteiger partial charge in [0, 0.05) is 10.5 Å². The lowest BCUT2D eigenvalue weighted by Crippen LogP contribution is -2.14. The fourth-order valence-corrected chi connectivity index (χ4v) is 3.12. The van der Waals surface area contributed by atoms with E-state index in [9.17, 15) is 0 Å². The second kappa shape index (κ2) is 6.33. The highest BCUT2D eigenvalue weighted by atomic mass is 79.9. The SMILES string of the molecule is Cc1cc(Br)cc(C(N)Cc2ccc(C(C)(C)C)cc2)c1. The van der Waals surface area contributed by atoms with Crippen molar-refractivity contribution in [2.45, 2.75) is 45.6 Å². The summed E-state index contributed by atoms with van der Waals surface area (Å²) in [6.07, 6.45) is 0.861. The molecule has 0 saturated heterocycles. The largest absolute Gasteiger partial charge is 0.324 e. The smallest absolute Gasteiger partial charge is 0.0336 e. The average molecular weight is 346 g/mol. The summed E-state index contributed by atoms with van der Waals surface area (Å²) in [4.78, 5) is 0. The van der Waals surface area contributed by atoms with Gasteiger partial charge in [-0.3, -0.25) is 0 Å². The Morgan fingerprint density at radius 1 is 1.05 bits per heavy atom. The molecule has 2 heteroatoms. The molecule has 2 aromatic carbocycles. The van der Waals surface area contributed by atoms with Gasteiger partial charge in [-0.25, -0.2) is 0 Å². The summed E-state index contributed by atoms with van der Waals surface area (Å²) in [6.45, 7) is 8.80. The molecule has 1 nitrogen and oxygen atoms in total. The lowest BCUT2D eigenvalue weighted by atomic mass is 9.86. The standard InChI is InChI=1S/C19H24BrN/c1-13-9-15(12-17(20)10-13)18(21)11-14-5-7-16(8-6-14)19(2,3)4/h5-10,12,18H,11,21H2,1-4H3. The van der Waals surface area contributed by atoms with E-state index in [0.717, 1.165) is 10.9 Å². The molecule has 112 valence electrons. The Labute approximate surface area is 136 Å². The first kappa shape index (κ1) is 16.3. The minimum Gasteiger partial charge on any atom is -0.324 e. The molecule has 2 N–H and O–H groups in total. The molecule has 2 aromatic rings. The topological polar surface area (TPSA) is 26.0 Å². The Kier molecular flexibility index (Phi) is 4.90. The van der Waals surface area contributed by atoms with Gasteiger partial charge in [0.15, 0.2) is 0 Å². The van der Waals surface area contributed by atoms with E-state index in [4.69, 9.17) is 5.73 Å². The highest BCUT2D eigenvalue weighted by Crippen LogP contribution is 2.25. The minimum atomic E-state index is 0.0293. The van der Waals surface area contributed by atoms with Crippen LogP contribution in [0.5, 0.6) is 0 Å². The van der Waals surface area contributed by atoms with Gasteiger partial charge < -0.3 is 5.73 Å². The second-order valence-corrected chi connectivity index (χ2v) is 7.74. The molecule has 0 aliphatic rings. The Morgan fingerprint density at radius 3 is 2.19 bits per heavy atom. The minimum absolute atomic E-state index is 0.0293. The summed E-state index contributed by atoms with van der Waals surface area (Å²) in [6, 6.07) is 15.2. The molecule has 0 radical (unpaired) electrons. The summed E-state index contributed by atoms with van der Waals surface area (Å²) in [5, 5.41) is 0. The van der Waals surface area contributed by atoms with Crippen LogP contribution < -0.4 is 5.73 Å². The molecule has 1 unspecified atom stereocenters. The van der Waals surface area contributed by atoms with Crippen molar-refractivity contribution in [3.8, 4) is 0 Å². The Bertz CT molecular complexity index is 588. The normalized spacial score (nSPS) is 13.2. The van der Waals surface area contributed by atoms with Gasteiger partial charge in [-0.05, 0) is 53.1 Å². The fraction of sp³-hybridized carbons (Fsp3) is 0.368. The molecule has 0 heterocycles. The van der Waals surface area contributed by atoms with Crippen molar-refractivity contribution >= 4 is 15.9 Å². The molecule has 0 saturated carbocycles. The number of hydrogen-bond acceptors (Lipinski definition) is 1. The van der Waals surface area contributed by atoms with E-state index in [1.807, 2.05) is 0 Å². The number of benzene rings is 2. The van der Waals surface area contributed by atoms with Crippen LogP contribution in [0.25, 0.3) is 0 Å². The van der Waals surface area contributed by atoms with Gasteiger partial charge in [0.1, 0.15) is 0 Å². The quantitative estimate of drug-likeness (QED) is 0.802. The molecule has 21 heavy (non-hydrogen) atoms. The molecule has 2 rings (SSSR count). The van der Waals surface area contributed by atoms with Crippen LogP contribution in [0.4, 0.5) is 0 Å². The van der Waals surface area contributed by atoms with E-state index in [1.54, 1.807) is 0 Å². The summed E-state index contributed by atoms with van der Waals surface area (Å²) in [7, 11) is 0. The molecule has 0 bridgehead atoms. The van der Waals surface area contributed by atoms with Crippen LogP contribution in [-0.4, -0.2) is 0 Å². The zero-order valence-electron chi connectivity index (χ0n) is 13.3. The molecule has 0 spiro atoms. The van der Waals surface area contributed by atoms with Crippen LogP contribution in [0, 0.1) is 6.92 Å². The van der Waals surface area contributed by atoms with Gasteiger partial charge in [-0.2, -0.15) is 0 Å². The van der Waals surface area contributed by atoms with Crippen molar-refractivity contribution in [1.82, 2.24) is 0 Å². The van der Waals surface area contributed by atoms with Crippen LogP contribution >= 0.6 is 15.9 Å². The predicted molar refractivity (Wildman–Crippen MR) is 94.7 cm³/mol. The van der Waals surface area contributed by atoms with Gasteiger partial charge in [0.25, 0.3) is 0 Å². The zero-order chi connectivity index (χ0) is 15.6.